The van der Waals surface area contributed by atoms with Crippen LogP contribution in [0.3, 0.4) is 0 Å². The fourth-order valence-electron chi connectivity index (χ4n) is 4.19. The van der Waals surface area contributed by atoms with Gasteiger partial charge in [-0.25, -0.2) is 9.18 Å². The molecule has 0 atom stereocenters. The van der Waals surface area contributed by atoms with Gasteiger partial charge in [-0.1, -0.05) is 23.7 Å². The first-order valence-corrected chi connectivity index (χ1v) is 11.6. The third-order valence-electron chi connectivity index (χ3n) is 6.24. The molecule has 0 aliphatic rings. The number of hydrogen-bond donors (Lipinski definition) is 2. The van der Waals surface area contributed by atoms with E-state index in [1.165, 1.54) is 21.3 Å². The summed E-state index contributed by atoms with van der Waals surface area (Å²) in [4.78, 5) is 16.7. The Kier molecular flexibility index (Phi) is 5.70. The maximum Gasteiger partial charge on any atom is 0.332 e. The van der Waals surface area contributed by atoms with Gasteiger partial charge in [0.05, 0.1) is 21.8 Å². The molecule has 5 rings (SSSR count). The summed E-state index contributed by atoms with van der Waals surface area (Å²) >= 11 is 6.49. The molecule has 0 aliphatic heterocycles. The van der Waals surface area contributed by atoms with Crippen molar-refractivity contribution < 1.29 is 14.6 Å². The highest BCUT2D eigenvalue weighted by molar-refractivity contribution is 6.32. The molecule has 0 saturated heterocycles. The summed E-state index contributed by atoms with van der Waals surface area (Å²) in [6, 6.07) is 14.6. The number of aromatic hydroxyl groups is 1. The number of pyridine rings is 1. The number of rotatable bonds is 4. The van der Waals surface area contributed by atoms with Crippen molar-refractivity contribution in [2.24, 2.45) is 7.05 Å². The van der Waals surface area contributed by atoms with Gasteiger partial charge in [0, 0.05) is 47.7 Å². The highest BCUT2D eigenvalue weighted by Gasteiger charge is 2.19. The van der Waals surface area contributed by atoms with Crippen molar-refractivity contribution in [1.82, 2.24) is 14.1 Å². The Hall–Kier alpha value is -3.94. The maximum absolute atomic E-state index is 14.8. The highest BCUT2D eigenvalue weighted by Crippen LogP contribution is 2.41. The van der Waals surface area contributed by atoms with E-state index in [1.54, 1.807) is 75.9 Å². The standard InChI is InChI=1S/C28H23ClFN3O3/c1-28(2,36)19-11-18-10-16(4-6-24(18)31-15-19)21-13-20(30)14-22(26(21)34)17-5-7-25(23(29)12-17)33-9-8-32(3)27(33)35/h4-15,34,36H,1-3H3. The van der Waals surface area contributed by atoms with Gasteiger partial charge in [-0.15, -0.1) is 0 Å². The molecule has 0 amide bonds. The summed E-state index contributed by atoms with van der Waals surface area (Å²) in [6.07, 6.45) is 4.86. The van der Waals surface area contributed by atoms with E-state index < -0.39 is 11.4 Å². The number of phenolic OH excluding ortho intramolecular Hbond substituents is 1. The van der Waals surface area contributed by atoms with Crippen LogP contribution in [0, 0.1) is 5.82 Å². The minimum Gasteiger partial charge on any atom is -0.507 e. The molecular weight excluding hydrogens is 481 g/mol. The van der Waals surface area contributed by atoms with Crippen molar-refractivity contribution in [2.45, 2.75) is 19.4 Å². The van der Waals surface area contributed by atoms with Gasteiger partial charge in [0.2, 0.25) is 0 Å². The van der Waals surface area contributed by atoms with E-state index in [0.717, 1.165) is 5.39 Å². The van der Waals surface area contributed by atoms with Crippen LogP contribution in [0.4, 0.5) is 4.39 Å². The zero-order valence-electron chi connectivity index (χ0n) is 19.8. The molecule has 36 heavy (non-hydrogen) atoms. The van der Waals surface area contributed by atoms with Crippen LogP contribution in [0.2, 0.25) is 5.02 Å². The second-order valence-corrected chi connectivity index (χ2v) is 9.68. The van der Waals surface area contributed by atoms with Gasteiger partial charge in [0.25, 0.3) is 0 Å². The first-order valence-electron chi connectivity index (χ1n) is 11.2. The maximum atomic E-state index is 14.8. The molecule has 6 nitrogen and oxygen atoms in total. The van der Waals surface area contributed by atoms with Crippen molar-refractivity contribution in [3.05, 3.63) is 100 Å². The molecule has 0 unspecified atom stereocenters. The summed E-state index contributed by atoms with van der Waals surface area (Å²) in [5, 5.41) is 22.6. The van der Waals surface area contributed by atoms with E-state index in [0.29, 0.717) is 33.5 Å². The largest absolute Gasteiger partial charge is 0.507 e. The van der Waals surface area contributed by atoms with Crippen molar-refractivity contribution in [1.29, 1.82) is 0 Å². The predicted octanol–water partition coefficient (Wildman–Crippen LogP) is 5.78. The monoisotopic (exact) mass is 503 g/mol. The van der Waals surface area contributed by atoms with Crippen LogP contribution in [-0.2, 0) is 12.6 Å². The first kappa shape index (κ1) is 23.8. The number of aliphatic hydroxyl groups is 1. The second-order valence-electron chi connectivity index (χ2n) is 9.27. The lowest BCUT2D eigenvalue weighted by atomic mass is 9.94. The third kappa shape index (κ3) is 4.17. The van der Waals surface area contributed by atoms with Gasteiger partial charge < -0.3 is 14.8 Å². The molecule has 0 aliphatic carbocycles. The summed E-state index contributed by atoms with van der Waals surface area (Å²) in [6.45, 7) is 3.35. The summed E-state index contributed by atoms with van der Waals surface area (Å²) in [5.41, 5.74) is 2.17. The summed E-state index contributed by atoms with van der Waals surface area (Å²) in [5.74, 6) is -0.635. The highest BCUT2D eigenvalue weighted by atomic mass is 35.5. The van der Waals surface area contributed by atoms with E-state index >= 15 is 0 Å². The average molecular weight is 504 g/mol. The van der Waals surface area contributed by atoms with Crippen LogP contribution in [0.1, 0.15) is 19.4 Å². The fraction of sp³-hybridized carbons (Fsp3) is 0.143. The van der Waals surface area contributed by atoms with Crippen LogP contribution in [0.15, 0.2) is 78.0 Å². The number of fused-ring (bicyclic) bond motifs is 1. The number of phenols is 1. The molecule has 2 aromatic heterocycles. The van der Waals surface area contributed by atoms with Crippen LogP contribution in [-0.4, -0.2) is 24.3 Å². The minimum absolute atomic E-state index is 0.108. The van der Waals surface area contributed by atoms with Crippen LogP contribution in [0.25, 0.3) is 38.8 Å². The Morgan fingerprint density at radius 3 is 2.25 bits per heavy atom. The molecule has 0 spiro atoms. The number of aromatic nitrogens is 3. The zero-order valence-corrected chi connectivity index (χ0v) is 20.6. The Morgan fingerprint density at radius 2 is 1.64 bits per heavy atom. The summed E-state index contributed by atoms with van der Waals surface area (Å²) < 4.78 is 17.6. The zero-order chi connectivity index (χ0) is 25.8. The van der Waals surface area contributed by atoms with Gasteiger partial charge in [-0.2, -0.15) is 0 Å². The Morgan fingerprint density at radius 1 is 0.972 bits per heavy atom. The lowest BCUT2D eigenvalue weighted by Gasteiger charge is -2.18. The van der Waals surface area contributed by atoms with Crippen molar-refractivity contribution in [3.8, 4) is 33.7 Å². The van der Waals surface area contributed by atoms with Gasteiger partial charge in [-0.3, -0.25) is 9.55 Å². The van der Waals surface area contributed by atoms with Crippen molar-refractivity contribution >= 4 is 22.5 Å². The Bertz CT molecular complexity index is 1700. The fourth-order valence-corrected chi connectivity index (χ4v) is 4.46. The molecule has 2 N–H and O–H groups in total. The topological polar surface area (TPSA) is 80.3 Å². The van der Waals surface area contributed by atoms with E-state index in [-0.39, 0.29) is 22.0 Å². The van der Waals surface area contributed by atoms with Crippen LogP contribution >= 0.6 is 11.6 Å². The summed E-state index contributed by atoms with van der Waals surface area (Å²) in [7, 11) is 1.64. The molecule has 0 radical (unpaired) electrons. The smallest absolute Gasteiger partial charge is 0.332 e. The first-order chi connectivity index (χ1) is 17.0. The van der Waals surface area contributed by atoms with Crippen molar-refractivity contribution in [2.75, 3.05) is 0 Å². The van der Waals surface area contributed by atoms with Crippen LogP contribution < -0.4 is 5.69 Å². The van der Waals surface area contributed by atoms with E-state index in [1.807, 2.05) is 6.07 Å². The predicted molar refractivity (Wildman–Crippen MR) is 139 cm³/mol. The number of halogens is 2. The third-order valence-corrected chi connectivity index (χ3v) is 6.54. The van der Waals surface area contributed by atoms with Gasteiger partial charge >= 0.3 is 5.69 Å². The number of benzene rings is 3. The van der Waals surface area contributed by atoms with E-state index in [2.05, 4.69) is 4.98 Å². The molecule has 0 bridgehead atoms. The Labute approximate surface area is 211 Å². The molecule has 8 heteroatoms. The van der Waals surface area contributed by atoms with Gasteiger partial charge in [-0.05, 0) is 67.4 Å². The van der Waals surface area contributed by atoms with E-state index in [9.17, 15) is 19.4 Å². The number of nitrogens with zero attached hydrogens (tertiary/aromatic N) is 3. The number of aryl methyl sites for hydroxylation is 1. The molecule has 2 heterocycles. The molecule has 3 aromatic carbocycles. The minimum atomic E-state index is -1.07. The molecule has 5 aromatic rings. The van der Waals surface area contributed by atoms with Crippen molar-refractivity contribution in [3.63, 3.8) is 0 Å². The molecule has 0 saturated carbocycles. The quantitative estimate of drug-likeness (QED) is 0.325. The normalized spacial score (nSPS) is 11.8. The van der Waals surface area contributed by atoms with Gasteiger partial charge in [0.15, 0.2) is 0 Å². The SMILES string of the molecule is Cn1ccn(-c2ccc(-c3cc(F)cc(-c4ccc5ncc(C(C)(C)O)cc5c4)c3O)cc2Cl)c1=O. The second kappa shape index (κ2) is 8.62. The van der Waals surface area contributed by atoms with Crippen LogP contribution in [0.5, 0.6) is 5.75 Å². The molecule has 0 fully saturated rings. The lowest BCUT2D eigenvalue weighted by Crippen LogP contribution is -2.20. The average Bonchev–Trinajstić information content (AvgIpc) is 3.17. The molecule has 182 valence electrons. The molecular formula is C28H23ClFN3O3. The number of imidazole rings is 1. The van der Waals surface area contributed by atoms with E-state index in [4.69, 9.17) is 11.6 Å². The lowest BCUT2D eigenvalue weighted by molar-refractivity contribution is 0.0784. The number of hydrogen-bond acceptors (Lipinski definition) is 4. The van der Waals surface area contributed by atoms with Gasteiger partial charge in [0.1, 0.15) is 11.6 Å². The Balaban J connectivity index is 1.61.